The summed E-state index contributed by atoms with van der Waals surface area (Å²) in [5.41, 5.74) is 0.329. The fourth-order valence-corrected chi connectivity index (χ4v) is 3.00. The number of halogens is 1. The minimum Gasteiger partial charge on any atom is -0.396 e. The standard InChI is InChI=1S/C16H23FN2O2/c1-12(16(21)15-7-6-13(17)10-18-15)11-19-8-2-4-14(19)5-3-9-20/h6-7,10,12,14,20H,2-5,8-9,11H2,1H3. The van der Waals surface area contributed by atoms with E-state index in [0.717, 1.165) is 38.4 Å². The number of rotatable bonds is 7. The first-order valence-electron chi connectivity index (χ1n) is 7.62. The molecule has 0 aromatic carbocycles. The Kier molecular flexibility index (Phi) is 5.82. The lowest BCUT2D eigenvalue weighted by atomic mass is 10.0. The minimum atomic E-state index is -0.428. The van der Waals surface area contributed by atoms with E-state index in [4.69, 9.17) is 5.11 Å². The summed E-state index contributed by atoms with van der Waals surface area (Å²) in [5, 5.41) is 8.94. The van der Waals surface area contributed by atoms with Gasteiger partial charge in [-0.1, -0.05) is 6.92 Å². The third-order valence-electron chi connectivity index (χ3n) is 4.13. The van der Waals surface area contributed by atoms with Crippen LogP contribution >= 0.6 is 0 Å². The molecule has 4 nitrogen and oxygen atoms in total. The molecule has 5 heteroatoms. The van der Waals surface area contributed by atoms with Crippen molar-refractivity contribution in [2.75, 3.05) is 19.7 Å². The van der Waals surface area contributed by atoms with Crippen molar-refractivity contribution in [3.8, 4) is 0 Å². The molecule has 0 bridgehead atoms. The molecule has 0 aliphatic carbocycles. The normalized spacial score (nSPS) is 20.6. The molecule has 0 saturated carbocycles. The van der Waals surface area contributed by atoms with Crippen LogP contribution in [0.1, 0.15) is 43.1 Å². The number of carbonyl (C=O) groups is 1. The van der Waals surface area contributed by atoms with Crippen molar-refractivity contribution >= 4 is 5.78 Å². The fraction of sp³-hybridized carbons (Fsp3) is 0.625. The minimum absolute atomic E-state index is 0.0391. The summed E-state index contributed by atoms with van der Waals surface area (Å²) >= 11 is 0. The smallest absolute Gasteiger partial charge is 0.185 e. The van der Waals surface area contributed by atoms with Crippen LogP contribution < -0.4 is 0 Å². The molecular weight excluding hydrogens is 271 g/mol. The van der Waals surface area contributed by atoms with E-state index in [1.165, 1.54) is 12.1 Å². The molecule has 1 aliphatic heterocycles. The van der Waals surface area contributed by atoms with E-state index in [9.17, 15) is 9.18 Å². The van der Waals surface area contributed by atoms with Gasteiger partial charge in [0.15, 0.2) is 5.78 Å². The van der Waals surface area contributed by atoms with Gasteiger partial charge in [0.25, 0.3) is 0 Å². The van der Waals surface area contributed by atoms with E-state index in [0.29, 0.717) is 18.3 Å². The maximum atomic E-state index is 12.8. The molecule has 0 amide bonds. The van der Waals surface area contributed by atoms with E-state index in [-0.39, 0.29) is 18.3 Å². The van der Waals surface area contributed by atoms with Gasteiger partial charge in [0.05, 0.1) is 6.20 Å². The Morgan fingerprint density at radius 1 is 1.57 bits per heavy atom. The Morgan fingerprint density at radius 2 is 2.38 bits per heavy atom. The molecule has 21 heavy (non-hydrogen) atoms. The van der Waals surface area contributed by atoms with Crippen LogP contribution in [0.3, 0.4) is 0 Å². The molecule has 1 aromatic heterocycles. The van der Waals surface area contributed by atoms with Gasteiger partial charge in [-0.05, 0) is 44.4 Å². The number of pyridine rings is 1. The quantitative estimate of drug-likeness (QED) is 0.784. The number of aromatic nitrogens is 1. The van der Waals surface area contributed by atoms with Gasteiger partial charge in [0.1, 0.15) is 11.5 Å². The highest BCUT2D eigenvalue weighted by Crippen LogP contribution is 2.23. The zero-order valence-corrected chi connectivity index (χ0v) is 12.5. The summed E-state index contributed by atoms with van der Waals surface area (Å²) in [6, 6.07) is 3.18. The first-order chi connectivity index (χ1) is 10.1. The number of nitrogens with zero attached hydrogens (tertiary/aromatic N) is 2. The van der Waals surface area contributed by atoms with E-state index in [1.54, 1.807) is 0 Å². The molecule has 1 aliphatic rings. The van der Waals surface area contributed by atoms with Crippen molar-refractivity contribution < 1.29 is 14.3 Å². The number of hydrogen-bond acceptors (Lipinski definition) is 4. The van der Waals surface area contributed by atoms with Crippen LogP contribution in [0.2, 0.25) is 0 Å². The average molecular weight is 294 g/mol. The van der Waals surface area contributed by atoms with E-state index in [1.807, 2.05) is 6.92 Å². The van der Waals surface area contributed by atoms with Gasteiger partial charge < -0.3 is 5.11 Å². The van der Waals surface area contributed by atoms with Crippen molar-refractivity contribution in [2.24, 2.45) is 5.92 Å². The molecule has 1 saturated heterocycles. The van der Waals surface area contributed by atoms with Crippen LogP contribution in [0.4, 0.5) is 4.39 Å². The topological polar surface area (TPSA) is 53.4 Å². The van der Waals surface area contributed by atoms with Gasteiger partial charge in [-0.3, -0.25) is 14.7 Å². The van der Waals surface area contributed by atoms with E-state index in [2.05, 4.69) is 9.88 Å². The largest absolute Gasteiger partial charge is 0.396 e. The van der Waals surface area contributed by atoms with Gasteiger partial charge in [-0.2, -0.15) is 0 Å². The van der Waals surface area contributed by atoms with Crippen LogP contribution in [0.25, 0.3) is 0 Å². The SMILES string of the molecule is CC(CN1CCCC1CCCO)C(=O)c1ccc(F)cn1. The number of hydrogen-bond donors (Lipinski definition) is 1. The van der Waals surface area contributed by atoms with Crippen LogP contribution in [0, 0.1) is 11.7 Å². The second-order valence-corrected chi connectivity index (χ2v) is 5.78. The van der Waals surface area contributed by atoms with Crippen LogP contribution in [-0.4, -0.2) is 46.5 Å². The number of likely N-dealkylation sites (tertiary alicyclic amines) is 1. The summed E-state index contributed by atoms with van der Waals surface area (Å²) < 4.78 is 12.8. The summed E-state index contributed by atoms with van der Waals surface area (Å²) in [5.74, 6) is -0.622. The monoisotopic (exact) mass is 294 g/mol. The predicted octanol–water partition coefficient (Wildman–Crippen LogP) is 2.28. The fourth-order valence-electron chi connectivity index (χ4n) is 3.00. The number of aliphatic hydroxyl groups excluding tert-OH is 1. The molecule has 2 unspecified atom stereocenters. The zero-order valence-electron chi connectivity index (χ0n) is 12.5. The number of carbonyl (C=O) groups excluding carboxylic acids is 1. The number of ketones is 1. The Balaban J connectivity index is 1.92. The molecule has 116 valence electrons. The van der Waals surface area contributed by atoms with Gasteiger partial charge in [0.2, 0.25) is 0 Å². The van der Waals surface area contributed by atoms with Gasteiger partial charge >= 0.3 is 0 Å². The highest BCUT2D eigenvalue weighted by Gasteiger charge is 2.27. The molecule has 1 fully saturated rings. The van der Waals surface area contributed by atoms with Gasteiger partial charge in [-0.25, -0.2) is 4.39 Å². The molecule has 1 aromatic rings. The second kappa shape index (κ2) is 7.61. The molecule has 2 rings (SSSR count). The summed E-state index contributed by atoms with van der Waals surface area (Å²) in [6.07, 6.45) is 5.15. The lowest BCUT2D eigenvalue weighted by Crippen LogP contribution is -2.36. The molecule has 0 radical (unpaired) electrons. The Labute approximate surface area is 125 Å². The van der Waals surface area contributed by atoms with E-state index >= 15 is 0 Å². The number of aliphatic hydroxyl groups is 1. The third kappa shape index (κ3) is 4.32. The maximum absolute atomic E-state index is 12.8. The van der Waals surface area contributed by atoms with Crippen molar-refractivity contribution in [1.29, 1.82) is 0 Å². The maximum Gasteiger partial charge on any atom is 0.185 e. The highest BCUT2D eigenvalue weighted by atomic mass is 19.1. The molecule has 0 spiro atoms. The predicted molar refractivity (Wildman–Crippen MR) is 78.6 cm³/mol. The van der Waals surface area contributed by atoms with E-state index < -0.39 is 5.82 Å². The summed E-state index contributed by atoms with van der Waals surface area (Å²) in [6.45, 7) is 3.83. The Bertz CT molecular complexity index is 464. The molecule has 1 N–H and O–H groups in total. The first-order valence-corrected chi connectivity index (χ1v) is 7.62. The van der Waals surface area contributed by atoms with Crippen molar-refractivity contribution in [2.45, 2.75) is 38.6 Å². The lowest BCUT2D eigenvalue weighted by Gasteiger charge is -2.26. The first kappa shape index (κ1) is 16.0. The van der Waals surface area contributed by atoms with Crippen LogP contribution in [-0.2, 0) is 0 Å². The lowest BCUT2D eigenvalue weighted by molar-refractivity contribution is 0.0878. The van der Waals surface area contributed by atoms with Crippen LogP contribution in [0.15, 0.2) is 18.3 Å². The number of Topliss-reactive ketones (excluding diaryl/α,β-unsaturated/α-hetero) is 1. The highest BCUT2D eigenvalue weighted by molar-refractivity contribution is 5.95. The van der Waals surface area contributed by atoms with Crippen molar-refractivity contribution in [1.82, 2.24) is 9.88 Å². The second-order valence-electron chi connectivity index (χ2n) is 5.78. The van der Waals surface area contributed by atoms with Crippen molar-refractivity contribution in [3.63, 3.8) is 0 Å². The Hall–Kier alpha value is -1.33. The molecular formula is C16H23FN2O2. The van der Waals surface area contributed by atoms with Gasteiger partial charge in [0, 0.05) is 25.1 Å². The molecule has 2 heterocycles. The molecule has 2 atom stereocenters. The van der Waals surface area contributed by atoms with Gasteiger partial charge in [-0.15, -0.1) is 0 Å². The summed E-state index contributed by atoms with van der Waals surface area (Å²) in [7, 11) is 0. The van der Waals surface area contributed by atoms with Crippen LogP contribution in [0.5, 0.6) is 0 Å². The summed E-state index contributed by atoms with van der Waals surface area (Å²) in [4.78, 5) is 18.5. The average Bonchev–Trinajstić information content (AvgIpc) is 2.92. The van der Waals surface area contributed by atoms with Crippen molar-refractivity contribution in [3.05, 3.63) is 29.8 Å². The third-order valence-corrected chi connectivity index (χ3v) is 4.13. The zero-order chi connectivity index (χ0) is 15.2. The Morgan fingerprint density at radius 3 is 3.05 bits per heavy atom.